The normalized spacial score (nSPS) is 13.0. The zero-order chi connectivity index (χ0) is 53.9. The molecule has 1 spiro atoms. The van der Waals surface area contributed by atoms with Gasteiger partial charge in [0.25, 0.3) is 0 Å². The van der Waals surface area contributed by atoms with E-state index in [0.29, 0.717) is 11.1 Å². The van der Waals surface area contributed by atoms with Crippen molar-refractivity contribution in [3.05, 3.63) is 282 Å². The standard InChI is InChI=1S/C75H41N5O2/c76-42-44-16-11-18-46(38-44)78(64-32-14-26-55-52-23-4-9-34-67(52)81-73(55)64)48-36-37-57-61(40-48)75(59-29-6-1-20-49(59)50-21-2-7-30-60(50)75)62-41-66(70-58-28-13-25-54-51-22-3-8-31-63(51)80(71(54)58)72(70)69(57)62)79(47-19-12-17-45(39-47)43-77)65-33-15-27-56-53-24-5-10-35-68(53)82-74(56)65/h1-41H. The molecule has 0 N–H and O–H groups in total. The number of para-hydroxylation sites is 6. The van der Waals surface area contributed by atoms with Gasteiger partial charge in [0.15, 0.2) is 11.2 Å². The molecule has 4 heterocycles. The van der Waals surface area contributed by atoms with Crippen LogP contribution in [0.2, 0.25) is 0 Å². The zero-order valence-corrected chi connectivity index (χ0v) is 43.7. The molecule has 0 saturated carbocycles. The third kappa shape index (κ3) is 5.70. The summed E-state index contributed by atoms with van der Waals surface area (Å²) in [6, 6.07) is 92.9. The Morgan fingerprint density at radius 3 is 1.52 bits per heavy atom. The molecule has 2 aliphatic carbocycles. The molecule has 0 aliphatic heterocycles. The Bertz CT molecular complexity index is 5500. The van der Waals surface area contributed by atoms with Crippen LogP contribution in [0.1, 0.15) is 33.4 Å². The number of nitrogens with zero attached hydrogens (tertiary/aromatic N) is 5. The summed E-state index contributed by atoms with van der Waals surface area (Å²) < 4.78 is 16.4. The molecule has 7 nitrogen and oxygen atoms in total. The van der Waals surface area contributed by atoms with Gasteiger partial charge in [-0.25, -0.2) is 0 Å². The van der Waals surface area contributed by atoms with E-state index >= 15 is 0 Å². The van der Waals surface area contributed by atoms with Gasteiger partial charge in [-0.15, -0.1) is 0 Å². The van der Waals surface area contributed by atoms with Gasteiger partial charge in [0.05, 0.1) is 62.3 Å². The SMILES string of the molecule is N#Cc1cccc(N(c2ccc3c(c2)C2(c4ccccc4-c4ccccc42)c2cc(N(c4cccc(C#N)c4)c4cccc5c4oc4ccccc45)c4c5cccc6c7ccccc7n(c4c2-3)c65)c2cccc3c2oc2ccccc23)c1. The monoisotopic (exact) mass is 1040 g/mol. The third-order valence-electron chi connectivity index (χ3n) is 17.7. The molecule has 4 aromatic heterocycles. The van der Waals surface area contributed by atoms with E-state index < -0.39 is 5.41 Å². The second kappa shape index (κ2) is 16.3. The van der Waals surface area contributed by atoms with Gasteiger partial charge >= 0.3 is 0 Å². The number of rotatable bonds is 6. The second-order valence-corrected chi connectivity index (χ2v) is 21.7. The summed E-state index contributed by atoms with van der Waals surface area (Å²) in [6.45, 7) is 0. The first kappa shape index (κ1) is 44.6. The van der Waals surface area contributed by atoms with Crippen molar-refractivity contribution < 1.29 is 8.83 Å². The summed E-state index contributed by atoms with van der Waals surface area (Å²) in [4.78, 5) is 4.62. The molecule has 18 rings (SSSR count). The molecule has 0 radical (unpaired) electrons. The van der Waals surface area contributed by atoms with Crippen molar-refractivity contribution in [2.75, 3.05) is 9.80 Å². The van der Waals surface area contributed by atoms with Crippen LogP contribution in [0.15, 0.2) is 258 Å². The maximum Gasteiger partial charge on any atom is 0.159 e. The number of benzene rings is 12. The van der Waals surface area contributed by atoms with Crippen LogP contribution < -0.4 is 9.80 Å². The fourth-order valence-electron chi connectivity index (χ4n) is 14.6. The summed E-state index contributed by atoms with van der Waals surface area (Å²) in [7, 11) is 0. The zero-order valence-electron chi connectivity index (χ0n) is 43.7. The van der Waals surface area contributed by atoms with Crippen LogP contribution in [0, 0.1) is 22.7 Å². The Hall–Kier alpha value is -11.4. The number of aromatic nitrogens is 1. The lowest BCUT2D eigenvalue weighted by atomic mass is 9.70. The molecule has 12 aromatic carbocycles. The van der Waals surface area contributed by atoms with Crippen molar-refractivity contribution in [1.29, 1.82) is 10.5 Å². The van der Waals surface area contributed by atoms with Crippen molar-refractivity contribution in [3.8, 4) is 34.4 Å². The van der Waals surface area contributed by atoms with Gasteiger partial charge in [0.1, 0.15) is 11.2 Å². The Balaban J connectivity index is 1.03. The molecule has 16 aromatic rings. The number of nitriles is 2. The highest BCUT2D eigenvalue weighted by Gasteiger charge is 2.53. The Labute approximate surface area is 469 Å². The minimum absolute atomic E-state index is 0.551. The van der Waals surface area contributed by atoms with Gasteiger partial charge in [0.2, 0.25) is 0 Å². The van der Waals surface area contributed by atoms with Crippen LogP contribution in [0.5, 0.6) is 0 Å². The fourth-order valence-corrected chi connectivity index (χ4v) is 14.6. The maximum atomic E-state index is 10.7. The van der Waals surface area contributed by atoms with Crippen molar-refractivity contribution in [2.24, 2.45) is 0 Å². The van der Waals surface area contributed by atoms with Gasteiger partial charge < -0.3 is 23.0 Å². The van der Waals surface area contributed by atoms with E-state index in [-0.39, 0.29) is 0 Å². The summed E-state index contributed by atoms with van der Waals surface area (Å²) >= 11 is 0. The van der Waals surface area contributed by atoms with E-state index in [1.54, 1.807) is 0 Å². The predicted octanol–water partition coefficient (Wildman–Crippen LogP) is 19.7. The summed E-state index contributed by atoms with van der Waals surface area (Å²) in [6.07, 6.45) is 0. The highest BCUT2D eigenvalue weighted by Crippen LogP contribution is 2.67. The molecule has 0 unspecified atom stereocenters. The average Bonchev–Trinajstić information content (AvgIpc) is 2.62. The van der Waals surface area contributed by atoms with E-state index in [9.17, 15) is 10.5 Å². The molecule has 0 atom stereocenters. The van der Waals surface area contributed by atoms with Crippen molar-refractivity contribution >= 4 is 116 Å². The minimum atomic E-state index is -0.869. The first-order valence-electron chi connectivity index (χ1n) is 27.6. The smallest absolute Gasteiger partial charge is 0.159 e. The van der Waals surface area contributed by atoms with E-state index in [2.05, 4.69) is 214 Å². The van der Waals surface area contributed by atoms with Gasteiger partial charge in [-0.05, 0) is 124 Å². The average molecular weight is 1040 g/mol. The van der Waals surface area contributed by atoms with E-state index in [4.69, 9.17) is 8.83 Å². The van der Waals surface area contributed by atoms with Gasteiger partial charge in [-0.2, -0.15) is 10.5 Å². The largest absolute Gasteiger partial charge is 0.454 e. The van der Waals surface area contributed by atoms with Crippen LogP contribution in [-0.2, 0) is 5.41 Å². The minimum Gasteiger partial charge on any atom is -0.454 e. The Morgan fingerprint density at radius 2 is 0.866 bits per heavy atom. The fraction of sp³-hybridized carbons (Fsp3) is 0.0133. The Kier molecular flexibility index (Phi) is 8.89. The maximum absolute atomic E-state index is 10.7. The molecule has 0 saturated heterocycles. The van der Waals surface area contributed by atoms with Crippen molar-refractivity contribution in [3.63, 3.8) is 0 Å². The first-order chi connectivity index (χ1) is 40.6. The lowest BCUT2D eigenvalue weighted by Gasteiger charge is -2.33. The molecule has 0 fully saturated rings. The predicted molar refractivity (Wildman–Crippen MR) is 331 cm³/mol. The van der Waals surface area contributed by atoms with Crippen LogP contribution in [0.25, 0.3) is 104 Å². The third-order valence-corrected chi connectivity index (χ3v) is 17.7. The van der Waals surface area contributed by atoms with Crippen molar-refractivity contribution in [1.82, 2.24) is 4.40 Å². The lowest BCUT2D eigenvalue weighted by Crippen LogP contribution is -2.26. The number of furan rings is 2. The van der Waals surface area contributed by atoms with Crippen molar-refractivity contribution in [2.45, 2.75) is 5.41 Å². The molecule has 378 valence electrons. The lowest BCUT2D eigenvalue weighted by molar-refractivity contribution is 0.668. The first-order valence-corrected chi connectivity index (χ1v) is 27.6. The quantitative estimate of drug-likeness (QED) is 0.165. The van der Waals surface area contributed by atoms with Crippen LogP contribution in [0.3, 0.4) is 0 Å². The molecular weight excluding hydrogens is 1000 g/mol. The molecular formula is C75H41N5O2. The molecule has 0 bridgehead atoms. The van der Waals surface area contributed by atoms with E-state index in [1.165, 1.54) is 33.0 Å². The summed E-state index contributed by atoms with van der Waals surface area (Å²) in [5.74, 6) is 0. The summed E-state index contributed by atoms with van der Waals surface area (Å²) in [5.41, 5.74) is 21.2. The van der Waals surface area contributed by atoms with E-state index in [0.717, 1.165) is 128 Å². The highest BCUT2D eigenvalue weighted by molar-refractivity contribution is 6.30. The Morgan fingerprint density at radius 1 is 0.354 bits per heavy atom. The van der Waals surface area contributed by atoms with Gasteiger partial charge in [-0.1, -0.05) is 164 Å². The summed E-state index contributed by atoms with van der Waals surface area (Å²) in [5, 5.41) is 29.8. The van der Waals surface area contributed by atoms with Crippen LogP contribution >= 0.6 is 0 Å². The second-order valence-electron chi connectivity index (χ2n) is 21.7. The topological polar surface area (TPSA) is 84.8 Å². The van der Waals surface area contributed by atoms with Gasteiger partial charge in [-0.3, -0.25) is 0 Å². The van der Waals surface area contributed by atoms with E-state index in [1.807, 2.05) is 60.7 Å². The molecule has 0 amide bonds. The molecule has 82 heavy (non-hydrogen) atoms. The highest BCUT2D eigenvalue weighted by atomic mass is 16.3. The molecule has 2 aliphatic rings. The van der Waals surface area contributed by atoms with Crippen LogP contribution in [0.4, 0.5) is 34.1 Å². The molecule has 7 heteroatoms. The van der Waals surface area contributed by atoms with Crippen LogP contribution in [-0.4, -0.2) is 4.40 Å². The number of anilines is 6. The number of hydrogen-bond acceptors (Lipinski definition) is 6. The number of hydrogen-bond donors (Lipinski definition) is 0. The number of fused-ring (bicyclic) bond motifs is 23. The van der Waals surface area contributed by atoms with Gasteiger partial charge in [0, 0.05) is 65.7 Å².